The van der Waals surface area contributed by atoms with Gasteiger partial charge in [0.1, 0.15) is 11.4 Å². The number of halogens is 2. The zero-order valence-electron chi connectivity index (χ0n) is 13.2. The van der Waals surface area contributed by atoms with Crippen LogP contribution in [0.15, 0.2) is 34.8 Å². The summed E-state index contributed by atoms with van der Waals surface area (Å²) in [5.41, 5.74) is -0.393. The third kappa shape index (κ3) is 2.79. The number of ether oxygens (including phenoxy) is 1. The molecule has 1 heterocycles. The van der Waals surface area contributed by atoms with Gasteiger partial charge < -0.3 is 14.7 Å². The number of hydrogen-bond acceptors (Lipinski definition) is 5. The van der Waals surface area contributed by atoms with Crippen LogP contribution < -0.4 is 9.64 Å². The van der Waals surface area contributed by atoms with Gasteiger partial charge in [0.25, 0.3) is 5.91 Å². The number of phenols is 1. The summed E-state index contributed by atoms with van der Waals surface area (Å²) in [7, 11) is 0. The van der Waals surface area contributed by atoms with Crippen molar-refractivity contribution in [1.29, 1.82) is 0 Å². The molecule has 1 saturated carbocycles. The van der Waals surface area contributed by atoms with Crippen molar-refractivity contribution in [3.05, 3.63) is 55.5 Å². The third-order valence-electron chi connectivity index (χ3n) is 4.53. The van der Waals surface area contributed by atoms with Crippen molar-refractivity contribution in [2.75, 3.05) is 11.4 Å². The van der Waals surface area contributed by atoms with Crippen molar-refractivity contribution >= 4 is 44.8 Å². The lowest BCUT2D eigenvalue weighted by Gasteiger charge is -2.35. The first-order chi connectivity index (χ1) is 12.3. The van der Waals surface area contributed by atoms with Gasteiger partial charge in [-0.05, 0) is 37.1 Å². The maximum atomic E-state index is 13.1. The summed E-state index contributed by atoms with van der Waals surface area (Å²) >= 11 is 9.27. The van der Waals surface area contributed by atoms with Crippen LogP contribution in [-0.2, 0) is 0 Å². The maximum Gasteiger partial charge on any atom is 0.313 e. The highest BCUT2D eigenvalue weighted by molar-refractivity contribution is 9.10. The van der Waals surface area contributed by atoms with Crippen LogP contribution in [0.2, 0.25) is 5.02 Å². The number of anilines is 1. The van der Waals surface area contributed by atoms with Crippen molar-refractivity contribution in [1.82, 2.24) is 0 Å². The van der Waals surface area contributed by atoms with E-state index in [1.165, 1.54) is 6.07 Å². The summed E-state index contributed by atoms with van der Waals surface area (Å²) in [6.45, 7) is 0.354. The summed E-state index contributed by atoms with van der Waals surface area (Å²) in [5, 5.41) is 20.6. The number of benzene rings is 2. The fourth-order valence-electron chi connectivity index (χ4n) is 3.02. The van der Waals surface area contributed by atoms with E-state index in [9.17, 15) is 20.0 Å². The second-order valence-electron chi connectivity index (χ2n) is 6.37. The van der Waals surface area contributed by atoms with E-state index in [0.717, 1.165) is 23.4 Å². The molecule has 1 fully saturated rings. The summed E-state index contributed by atoms with van der Waals surface area (Å²) in [6.07, 6.45) is 1.67. The molecule has 0 bridgehead atoms. The molecule has 0 saturated heterocycles. The Labute approximate surface area is 161 Å². The zero-order chi connectivity index (χ0) is 18.6. The lowest BCUT2D eigenvalue weighted by Crippen LogP contribution is -2.45. The number of fused-ring (bicyclic) bond motifs is 1. The van der Waals surface area contributed by atoms with Crippen LogP contribution in [-0.4, -0.2) is 28.1 Å². The molecule has 1 spiro atoms. The quantitative estimate of drug-likeness (QED) is 0.557. The normalized spacial score (nSPS) is 16.8. The Morgan fingerprint density at radius 2 is 2.08 bits per heavy atom. The van der Waals surface area contributed by atoms with E-state index in [-0.39, 0.29) is 10.6 Å². The number of phenolic OH excluding ortho intramolecular Hbond substituents is 1. The van der Waals surface area contributed by atoms with Gasteiger partial charge in [-0.2, -0.15) is 0 Å². The van der Waals surface area contributed by atoms with Crippen LogP contribution in [0.25, 0.3) is 0 Å². The van der Waals surface area contributed by atoms with Crippen LogP contribution in [0, 0.1) is 10.1 Å². The molecule has 0 radical (unpaired) electrons. The molecule has 134 valence electrons. The Kier molecular flexibility index (Phi) is 3.85. The molecule has 9 heteroatoms. The molecule has 2 aliphatic rings. The van der Waals surface area contributed by atoms with Crippen LogP contribution in [0.1, 0.15) is 23.2 Å². The Morgan fingerprint density at radius 1 is 1.35 bits per heavy atom. The molecule has 0 atom stereocenters. The molecule has 4 rings (SSSR count). The molecule has 26 heavy (non-hydrogen) atoms. The molecule has 0 aromatic heterocycles. The molecule has 7 nitrogen and oxygen atoms in total. The highest BCUT2D eigenvalue weighted by Gasteiger charge is 2.51. The lowest BCUT2D eigenvalue weighted by atomic mass is 10.1. The number of nitrogens with zero attached hydrogens (tertiary/aromatic N) is 2. The van der Waals surface area contributed by atoms with Crippen molar-refractivity contribution in [3.63, 3.8) is 0 Å². The van der Waals surface area contributed by atoms with Gasteiger partial charge in [0.05, 0.1) is 22.2 Å². The minimum absolute atomic E-state index is 0.0334. The number of nitro benzene ring substituents is 1. The summed E-state index contributed by atoms with van der Waals surface area (Å²) < 4.78 is 6.86. The molecule has 1 aliphatic heterocycles. The number of rotatable bonds is 2. The van der Waals surface area contributed by atoms with Gasteiger partial charge in [-0.15, -0.1) is 0 Å². The van der Waals surface area contributed by atoms with Gasteiger partial charge in [0, 0.05) is 16.1 Å². The molecule has 0 unspecified atom stereocenters. The minimum Gasteiger partial charge on any atom is -0.501 e. The topological polar surface area (TPSA) is 92.9 Å². The van der Waals surface area contributed by atoms with Crippen LogP contribution in [0.4, 0.5) is 11.4 Å². The highest BCUT2D eigenvalue weighted by atomic mass is 79.9. The van der Waals surface area contributed by atoms with Crippen molar-refractivity contribution in [2.45, 2.75) is 18.4 Å². The third-order valence-corrected chi connectivity index (χ3v) is 5.31. The van der Waals surface area contributed by atoms with Gasteiger partial charge in [-0.3, -0.25) is 14.9 Å². The molecular formula is C17H12BrClN2O5. The maximum absolute atomic E-state index is 13.1. The van der Waals surface area contributed by atoms with Crippen molar-refractivity contribution in [3.8, 4) is 11.5 Å². The minimum atomic E-state index is -0.773. The Balaban J connectivity index is 1.79. The second kappa shape index (κ2) is 5.85. The SMILES string of the molecule is O=C(c1cc(Cl)c(O)c([N+](=O)[O-])c1)N1CC2(CC2)Oc2cc(Br)ccc21. The Bertz CT molecular complexity index is 960. The van der Waals surface area contributed by atoms with Gasteiger partial charge >= 0.3 is 5.69 Å². The summed E-state index contributed by atoms with van der Waals surface area (Å²) in [4.78, 5) is 25.0. The van der Waals surface area contributed by atoms with E-state index in [0.29, 0.717) is 18.0 Å². The molecule has 1 aliphatic carbocycles. The van der Waals surface area contributed by atoms with E-state index in [4.69, 9.17) is 16.3 Å². The number of aromatic hydroxyl groups is 1. The van der Waals surface area contributed by atoms with Crippen molar-refractivity contribution in [2.24, 2.45) is 0 Å². The predicted octanol–water partition coefficient (Wildman–Crippen LogP) is 4.29. The fraction of sp³-hybridized carbons (Fsp3) is 0.235. The largest absolute Gasteiger partial charge is 0.501 e. The van der Waals surface area contributed by atoms with E-state index in [2.05, 4.69) is 15.9 Å². The van der Waals surface area contributed by atoms with Crippen molar-refractivity contribution < 1.29 is 19.6 Å². The average molecular weight is 440 g/mol. The van der Waals surface area contributed by atoms with E-state index < -0.39 is 27.9 Å². The number of carbonyl (C=O) groups excluding carboxylic acids is 1. The average Bonchev–Trinajstić information content (AvgIpc) is 3.33. The Morgan fingerprint density at radius 3 is 2.73 bits per heavy atom. The smallest absolute Gasteiger partial charge is 0.313 e. The first-order valence-electron chi connectivity index (χ1n) is 7.77. The summed E-state index contributed by atoms with van der Waals surface area (Å²) in [5.74, 6) is -0.512. The highest BCUT2D eigenvalue weighted by Crippen LogP contribution is 2.49. The van der Waals surface area contributed by atoms with Gasteiger partial charge in [-0.25, -0.2) is 0 Å². The molecular weight excluding hydrogens is 428 g/mol. The summed E-state index contributed by atoms with van der Waals surface area (Å²) in [6, 6.07) is 7.61. The number of nitro groups is 1. The lowest BCUT2D eigenvalue weighted by molar-refractivity contribution is -0.385. The Hall–Kier alpha value is -2.32. The zero-order valence-corrected chi connectivity index (χ0v) is 15.6. The second-order valence-corrected chi connectivity index (χ2v) is 7.69. The monoisotopic (exact) mass is 438 g/mol. The molecule has 2 aromatic carbocycles. The first kappa shape index (κ1) is 17.1. The van der Waals surface area contributed by atoms with Gasteiger partial charge in [-0.1, -0.05) is 27.5 Å². The molecule has 1 amide bonds. The fourth-order valence-corrected chi connectivity index (χ4v) is 3.57. The molecule has 1 N–H and O–H groups in total. The van der Waals surface area contributed by atoms with E-state index >= 15 is 0 Å². The number of amides is 1. The van der Waals surface area contributed by atoms with Gasteiger partial charge in [0.15, 0.2) is 0 Å². The van der Waals surface area contributed by atoms with Crippen LogP contribution in [0.3, 0.4) is 0 Å². The number of hydrogen-bond donors (Lipinski definition) is 1. The van der Waals surface area contributed by atoms with Crippen LogP contribution >= 0.6 is 27.5 Å². The standard InChI is InChI=1S/C17H12BrClN2O5/c18-10-1-2-12-14(7-10)26-17(3-4-17)8-20(12)16(23)9-5-11(19)15(22)13(6-9)21(24)25/h1-2,5-7,22H,3-4,8H2. The van der Waals surface area contributed by atoms with E-state index in [1.807, 2.05) is 0 Å². The number of carbonyl (C=O) groups is 1. The van der Waals surface area contributed by atoms with E-state index in [1.54, 1.807) is 23.1 Å². The van der Waals surface area contributed by atoms with Gasteiger partial charge in [0.2, 0.25) is 5.75 Å². The van der Waals surface area contributed by atoms with Crippen LogP contribution in [0.5, 0.6) is 11.5 Å². The predicted molar refractivity (Wildman–Crippen MR) is 98.2 cm³/mol. The first-order valence-corrected chi connectivity index (χ1v) is 8.94. The molecule has 2 aromatic rings.